The SMILES string of the molecule is CCC1CC(NCC2CC2)CN(C(C)CC)C1. The third-order valence-electron chi connectivity index (χ3n) is 4.75. The molecule has 0 aromatic carbocycles. The second-order valence-electron chi connectivity index (χ2n) is 6.27. The minimum Gasteiger partial charge on any atom is -0.312 e. The van der Waals surface area contributed by atoms with Crippen molar-refractivity contribution in [1.29, 1.82) is 0 Å². The number of nitrogens with zero attached hydrogens (tertiary/aromatic N) is 1. The van der Waals surface area contributed by atoms with E-state index in [0.29, 0.717) is 0 Å². The third kappa shape index (κ3) is 3.96. The van der Waals surface area contributed by atoms with E-state index < -0.39 is 0 Å². The molecule has 1 saturated carbocycles. The van der Waals surface area contributed by atoms with Crippen LogP contribution in [0.15, 0.2) is 0 Å². The Morgan fingerprint density at radius 1 is 1.18 bits per heavy atom. The number of rotatable bonds is 6. The van der Waals surface area contributed by atoms with Gasteiger partial charge in [0.2, 0.25) is 0 Å². The van der Waals surface area contributed by atoms with E-state index in [-0.39, 0.29) is 0 Å². The molecule has 0 aromatic heterocycles. The molecule has 100 valence electrons. The first-order valence-corrected chi connectivity index (χ1v) is 7.70. The molecule has 0 spiro atoms. The first-order valence-electron chi connectivity index (χ1n) is 7.70. The molecule has 1 aliphatic heterocycles. The van der Waals surface area contributed by atoms with Crippen LogP contribution in [0, 0.1) is 11.8 Å². The van der Waals surface area contributed by atoms with Gasteiger partial charge in [0.15, 0.2) is 0 Å². The standard InChI is InChI=1S/C15H30N2/c1-4-12(3)17-10-13(5-2)8-15(11-17)16-9-14-6-7-14/h12-16H,4-11H2,1-3H3. The van der Waals surface area contributed by atoms with Crippen LogP contribution in [0.3, 0.4) is 0 Å². The average molecular weight is 238 g/mol. The summed E-state index contributed by atoms with van der Waals surface area (Å²) in [4.78, 5) is 2.71. The van der Waals surface area contributed by atoms with E-state index in [1.165, 1.54) is 51.7 Å². The molecular weight excluding hydrogens is 208 g/mol. The number of nitrogens with one attached hydrogen (secondary N) is 1. The Labute approximate surface area is 107 Å². The van der Waals surface area contributed by atoms with Gasteiger partial charge in [-0.05, 0) is 51.0 Å². The smallest absolute Gasteiger partial charge is 0.0198 e. The van der Waals surface area contributed by atoms with Crippen molar-refractivity contribution in [3.8, 4) is 0 Å². The van der Waals surface area contributed by atoms with E-state index >= 15 is 0 Å². The van der Waals surface area contributed by atoms with Crippen molar-refractivity contribution in [3.05, 3.63) is 0 Å². The summed E-state index contributed by atoms with van der Waals surface area (Å²) in [7, 11) is 0. The van der Waals surface area contributed by atoms with Crippen LogP contribution in [0.1, 0.15) is 52.9 Å². The number of hydrogen-bond donors (Lipinski definition) is 1. The van der Waals surface area contributed by atoms with Crippen LogP contribution in [0.5, 0.6) is 0 Å². The highest BCUT2D eigenvalue weighted by Gasteiger charge is 2.29. The normalized spacial score (nSPS) is 32.6. The predicted octanol–water partition coefficient (Wildman–Crippen LogP) is 2.89. The van der Waals surface area contributed by atoms with Gasteiger partial charge in [-0.2, -0.15) is 0 Å². The Morgan fingerprint density at radius 2 is 1.94 bits per heavy atom. The Morgan fingerprint density at radius 3 is 2.53 bits per heavy atom. The second-order valence-corrected chi connectivity index (χ2v) is 6.27. The molecule has 1 saturated heterocycles. The fraction of sp³-hybridized carbons (Fsp3) is 1.00. The molecule has 0 amide bonds. The van der Waals surface area contributed by atoms with Crippen LogP contribution in [0.4, 0.5) is 0 Å². The minimum atomic E-state index is 0.753. The minimum absolute atomic E-state index is 0.753. The van der Waals surface area contributed by atoms with Gasteiger partial charge < -0.3 is 5.32 Å². The molecular formula is C15H30N2. The molecule has 17 heavy (non-hydrogen) atoms. The summed E-state index contributed by atoms with van der Waals surface area (Å²) in [5.41, 5.74) is 0. The topological polar surface area (TPSA) is 15.3 Å². The van der Waals surface area contributed by atoms with Crippen LogP contribution >= 0.6 is 0 Å². The molecule has 3 unspecified atom stereocenters. The second kappa shape index (κ2) is 6.19. The number of piperidine rings is 1. The third-order valence-corrected chi connectivity index (χ3v) is 4.75. The summed E-state index contributed by atoms with van der Waals surface area (Å²) in [5, 5.41) is 3.82. The Balaban J connectivity index is 1.82. The molecule has 0 aromatic rings. The lowest BCUT2D eigenvalue weighted by atomic mass is 9.91. The summed E-state index contributed by atoms with van der Waals surface area (Å²) in [6, 6.07) is 1.51. The lowest BCUT2D eigenvalue weighted by molar-refractivity contribution is 0.100. The maximum atomic E-state index is 3.82. The maximum absolute atomic E-state index is 3.82. The Kier molecular flexibility index (Phi) is 4.87. The van der Waals surface area contributed by atoms with Gasteiger partial charge in [0, 0.05) is 25.2 Å². The molecule has 0 radical (unpaired) electrons. The highest BCUT2D eigenvalue weighted by molar-refractivity contribution is 4.87. The van der Waals surface area contributed by atoms with Crippen LogP contribution in [0.2, 0.25) is 0 Å². The van der Waals surface area contributed by atoms with Crippen molar-refractivity contribution in [2.75, 3.05) is 19.6 Å². The largest absolute Gasteiger partial charge is 0.312 e. The zero-order chi connectivity index (χ0) is 12.3. The molecule has 1 aliphatic carbocycles. The highest BCUT2D eigenvalue weighted by atomic mass is 15.2. The zero-order valence-corrected chi connectivity index (χ0v) is 11.9. The maximum Gasteiger partial charge on any atom is 0.0198 e. The van der Waals surface area contributed by atoms with E-state index in [1.807, 2.05) is 0 Å². The van der Waals surface area contributed by atoms with Gasteiger partial charge in [0.05, 0.1) is 0 Å². The van der Waals surface area contributed by atoms with Gasteiger partial charge in [-0.1, -0.05) is 20.3 Å². The van der Waals surface area contributed by atoms with E-state index in [2.05, 4.69) is 31.0 Å². The number of likely N-dealkylation sites (tertiary alicyclic amines) is 1. The van der Waals surface area contributed by atoms with E-state index in [4.69, 9.17) is 0 Å². The molecule has 2 rings (SSSR count). The molecule has 2 nitrogen and oxygen atoms in total. The molecule has 2 fully saturated rings. The van der Waals surface area contributed by atoms with Gasteiger partial charge in [-0.15, -0.1) is 0 Å². The van der Waals surface area contributed by atoms with Crippen LogP contribution in [0.25, 0.3) is 0 Å². The summed E-state index contributed by atoms with van der Waals surface area (Å²) < 4.78 is 0. The summed E-state index contributed by atoms with van der Waals surface area (Å²) >= 11 is 0. The molecule has 3 atom stereocenters. The molecule has 2 heteroatoms. The van der Waals surface area contributed by atoms with Gasteiger partial charge in [-0.25, -0.2) is 0 Å². The Bertz CT molecular complexity index is 225. The average Bonchev–Trinajstić information content (AvgIpc) is 3.19. The molecule has 0 bridgehead atoms. The van der Waals surface area contributed by atoms with Gasteiger partial charge >= 0.3 is 0 Å². The van der Waals surface area contributed by atoms with Crippen molar-refractivity contribution in [2.45, 2.75) is 65.0 Å². The quantitative estimate of drug-likeness (QED) is 0.765. The predicted molar refractivity (Wildman–Crippen MR) is 74.2 cm³/mol. The van der Waals surface area contributed by atoms with Crippen LogP contribution in [-0.4, -0.2) is 36.6 Å². The van der Waals surface area contributed by atoms with Crippen molar-refractivity contribution < 1.29 is 0 Å². The molecule has 1 N–H and O–H groups in total. The van der Waals surface area contributed by atoms with Gasteiger partial charge in [-0.3, -0.25) is 4.90 Å². The summed E-state index contributed by atoms with van der Waals surface area (Å²) in [6.45, 7) is 10.9. The van der Waals surface area contributed by atoms with E-state index in [1.54, 1.807) is 0 Å². The Hall–Kier alpha value is -0.0800. The fourth-order valence-electron chi connectivity index (χ4n) is 2.96. The number of hydrogen-bond acceptors (Lipinski definition) is 2. The van der Waals surface area contributed by atoms with Crippen molar-refractivity contribution in [3.63, 3.8) is 0 Å². The van der Waals surface area contributed by atoms with Crippen LogP contribution in [-0.2, 0) is 0 Å². The molecule has 1 heterocycles. The van der Waals surface area contributed by atoms with Gasteiger partial charge in [0.25, 0.3) is 0 Å². The fourth-order valence-corrected chi connectivity index (χ4v) is 2.96. The first-order chi connectivity index (χ1) is 8.22. The summed E-state index contributed by atoms with van der Waals surface area (Å²) in [5.74, 6) is 1.92. The lowest BCUT2D eigenvalue weighted by Gasteiger charge is -2.41. The van der Waals surface area contributed by atoms with Gasteiger partial charge in [0.1, 0.15) is 0 Å². The molecule has 2 aliphatic rings. The monoisotopic (exact) mass is 238 g/mol. The van der Waals surface area contributed by atoms with Crippen molar-refractivity contribution in [2.24, 2.45) is 11.8 Å². The zero-order valence-electron chi connectivity index (χ0n) is 11.9. The van der Waals surface area contributed by atoms with E-state index in [0.717, 1.165) is 23.9 Å². The lowest BCUT2D eigenvalue weighted by Crippen LogP contribution is -2.52. The van der Waals surface area contributed by atoms with Crippen molar-refractivity contribution >= 4 is 0 Å². The summed E-state index contributed by atoms with van der Waals surface area (Å²) in [6.07, 6.45) is 6.95. The van der Waals surface area contributed by atoms with Crippen molar-refractivity contribution in [1.82, 2.24) is 10.2 Å². The first kappa shape index (κ1) is 13.4. The highest BCUT2D eigenvalue weighted by Crippen LogP contribution is 2.29. The van der Waals surface area contributed by atoms with E-state index in [9.17, 15) is 0 Å². The van der Waals surface area contributed by atoms with Crippen LogP contribution < -0.4 is 5.32 Å².